The van der Waals surface area contributed by atoms with Crippen molar-refractivity contribution in [1.82, 2.24) is 5.32 Å². The lowest BCUT2D eigenvalue weighted by molar-refractivity contribution is -0.122. The molecule has 0 aromatic heterocycles. The van der Waals surface area contributed by atoms with E-state index in [2.05, 4.69) is 10.6 Å². The van der Waals surface area contributed by atoms with E-state index < -0.39 is 0 Å². The molecule has 4 atom stereocenters. The van der Waals surface area contributed by atoms with Gasteiger partial charge in [-0.05, 0) is 61.1 Å². The van der Waals surface area contributed by atoms with Crippen LogP contribution in [0.1, 0.15) is 57.9 Å². The molecule has 2 aliphatic carbocycles. The maximum Gasteiger partial charge on any atom is 0.227 e. The Morgan fingerprint density at radius 1 is 1.24 bits per heavy atom. The van der Waals surface area contributed by atoms with Gasteiger partial charge < -0.3 is 10.6 Å². The van der Waals surface area contributed by atoms with Crippen molar-refractivity contribution in [3.8, 4) is 0 Å². The van der Waals surface area contributed by atoms with Crippen LogP contribution < -0.4 is 10.6 Å². The van der Waals surface area contributed by atoms with Crippen molar-refractivity contribution >= 4 is 17.5 Å². The van der Waals surface area contributed by atoms with Crippen LogP contribution >= 0.6 is 0 Å². The molecule has 1 aromatic rings. The van der Waals surface area contributed by atoms with Crippen molar-refractivity contribution in [1.29, 1.82) is 0 Å². The van der Waals surface area contributed by atoms with Crippen LogP contribution in [0.4, 0.5) is 5.69 Å². The molecule has 4 nitrogen and oxygen atoms in total. The average molecular weight is 342 g/mol. The summed E-state index contributed by atoms with van der Waals surface area (Å²) in [4.78, 5) is 24.3. The Morgan fingerprint density at radius 2 is 2.08 bits per heavy atom. The molecule has 2 aliphatic rings. The van der Waals surface area contributed by atoms with Gasteiger partial charge in [-0.1, -0.05) is 32.4 Å². The van der Waals surface area contributed by atoms with E-state index in [1.807, 2.05) is 38.1 Å². The Labute approximate surface area is 150 Å². The molecule has 0 radical (unpaired) electrons. The molecule has 4 heteroatoms. The van der Waals surface area contributed by atoms with Gasteiger partial charge in [0, 0.05) is 24.6 Å². The van der Waals surface area contributed by atoms with E-state index >= 15 is 0 Å². The normalized spacial score (nSPS) is 25.6. The summed E-state index contributed by atoms with van der Waals surface area (Å²) < 4.78 is 0. The molecule has 0 unspecified atom stereocenters. The van der Waals surface area contributed by atoms with Crippen LogP contribution in [0.5, 0.6) is 0 Å². The molecule has 1 aromatic carbocycles. The summed E-state index contributed by atoms with van der Waals surface area (Å²) in [6, 6.07) is 7.74. The predicted molar refractivity (Wildman–Crippen MR) is 99.9 cm³/mol. The molecule has 2 bridgehead atoms. The van der Waals surface area contributed by atoms with Crippen molar-refractivity contribution in [2.24, 2.45) is 23.7 Å². The molecule has 25 heavy (non-hydrogen) atoms. The number of carbonyl (C=O) groups excluding carboxylic acids is 2. The Balaban J connectivity index is 1.47. The van der Waals surface area contributed by atoms with Gasteiger partial charge in [0.25, 0.3) is 0 Å². The summed E-state index contributed by atoms with van der Waals surface area (Å²) in [6.45, 7) is 4.45. The SMILES string of the molecule is CC[C@@H](C)C(=O)Nc1cccc(CNC(=O)C[C@@H]2C[C@@H]3CC[C@@H]2C3)c1. The van der Waals surface area contributed by atoms with Crippen molar-refractivity contribution in [2.75, 3.05) is 5.32 Å². The van der Waals surface area contributed by atoms with Crippen LogP contribution in [0.2, 0.25) is 0 Å². The van der Waals surface area contributed by atoms with Crippen LogP contribution in [-0.2, 0) is 16.1 Å². The topological polar surface area (TPSA) is 58.2 Å². The molecule has 0 spiro atoms. The van der Waals surface area contributed by atoms with Gasteiger partial charge in [0.05, 0.1) is 0 Å². The summed E-state index contributed by atoms with van der Waals surface area (Å²) in [6.07, 6.45) is 6.78. The second-order valence-corrected chi connectivity index (χ2v) is 7.91. The maximum absolute atomic E-state index is 12.3. The molecule has 0 aliphatic heterocycles. The lowest BCUT2D eigenvalue weighted by Crippen LogP contribution is -2.27. The van der Waals surface area contributed by atoms with E-state index in [1.165, 1.54) is 25.7 Å². The van der Waals surface area contributed by atoms with Crippen molar-refractivity contribution in [2.45, 2.75) is 58.9 Å². The summed E-state index contributed by atoms with van der Waals surface area (Å²) in [5, 5.41) is 5.99. The first kappa shape index (κ1) is 18.0. The zero-order valence-electron chi connectivity index (χ0n) is 15.4. The fourth-order valence-corrected chi connectivity index (χ4v) is 4.35. The van der Waals surface area contributed by atoms with Crippen molar-refractivity contribution in [3.05, 3.63) is 29.8 Å². The zero-order chi connectivity index (χ0) is 17.8. The minimum absolute atomic E-state index is 0.00472. The van der Waals surface area contributed by atoms with Gasteiger partial charge in [0.15, 0.2) is 0 Å². The van der Waals surface area contributed by atoms with E-state index in [0.717, 1.165) is 29.5 Å². The number of amides is 2. The van der Waals surface area contributed by atoms with E-state index in [0.29, 0.717) is 18.9 Å². The van der Waals surface area contributed by atoms with E-state index in [4.69, 9.17) is 0 Å². The average Bonchev–Trinajstić information content (AvgIpc) is 3.22. The molecule has 2 N–H and O–H groups in total. The maximum atomic E-state index is 12.3. The molecule has 0 heterocycles. The van der Waals surface area contributed by atoms with Gasteiger partial charge in [-0.2, -0.15) is 0 Å². The van der Waals surface area contributed by atoms with Crippen LogP contribution in [-0.4, -0.2) is 11.8 Å². The Kier molecular flexibility index (Phi) is 5.77. The minimum Gasteiger partial charge on any atom is -0.352 e. The fraction of sp³-hybridized carbons (Fsp3) is 0.619. The first-order valence-corrected chi connectivity index (χ1v) is 9.71. The highest BCUT2D eigenvalue weighted by Gasteiger charge is 2.39. The highest BCUT2D eigenvalue weighted by Crippen LogP contribution is 2.49. The van der Waals surface area contributed by atoms with Crippen LogP contribution in [0.15, 0.2) is 24.3 Å². The number of hydrogen-bond acceptors (Lipinski definition) is 2. The van der Waals surface area contributed by atoms with E-state index in [1.54, 1.807) is 0 Å². The van der Waals surface area contributed by atoms with Crippen molar-refractivity contribution in [3.63, 3.8) is 0 Å². The molecular formula is C21H30N2O2. The third-order valence-electron chi connectivity index (χ3n) is 6.08. The number of fused-ring (bicyclic) bond motifs is 2. The quantitative estimate of drug-likeness (QED) is 0.783. The van der Waals surface area contributed by atoms with Crippen LogP contribution in [0.3, 0.4) is 0 Å². The smallest absolute Gasteiger partial charge is 0.227 e. The van der Waals surface area contributed by atoms with Gasteiger partial charge in [-0.25, -0.2) is 0 Å². The minimum atomic E-state index is 0.00472. The first-order chi connectivity index (χ1) is 12.0. The first-order valence-electron chi connectivity index (χ1n) is 9.71. The molecular weight excluding hydrogens is 312 g/mol. The Hall–Kier alpha value is -1.84. The number of anilines is 1. The number of benzene rings is 1. The second-order valence-electron chi connectivity index (χ2n) is 7.91. The molecule has 0 saturated heterocycles. The monoisotopic (exact) mass is 342 g/mol. The highest BCUT2D eigenvalue weighted by molar-refractivity contribution is 5.92. The van der Waals surface area contributed by atoms with Gasteiger partial charge in [-0.3, -0.25) is 9.59 Å². The number of hydrogen-bond donors (Lipinski definition) is 2. The molecule has 2 saturated carbocycles. The number of nitrogens with one attached hydrogen (secondary N) is 2. The highest BCUT2D eigenvalue weighted by atomic mass is 16.2. The van der Waals surface area contributed by atoms with Gasteiger partial charge in [-0.15, -0.1) is 0 Å². The van der Waals surface area contributed by atoms with Gasteiger partial charge >= 0.3 is 0 Å². The lowest BCUT2D eigenvalue weighted by atomic mass is 9.86. The molecule has 3 rings (SSSR count). The largest absolute Gasteiger partial charge is 0.352 e. The molecule has 136 valence electrons. The number of carbonyl (C=O) groups is 2. The second kappa shape index (κ2) is 8.03. The van der Waals surface area contributed by atoms with Gasteiger partial charge in [0.2, 0.25) is 11.8 Å². The molecule has 2 amide bonds. The lowest BCUT2D eigenvalue weighted by Gasteiger charge is -2.21. The van der Waals surface area contributed by atoms with Crippen LogP contribution in [0.25, 0.3) is 0 Å². The Morgan fingerprint density at radius 3 is 2.76 bits per heavy atom. The third kappa shape index (κ3) is 4.62. The summed E-state index contributed by atoms with van der Waals surface area (Å²) in [7, 11) is 0. The van der Waals surface area contributed by atoms with Gasteiger partial charge in [0.1, 0.15) is 0 Å². The van der Waals surface area contributed by atoms with E-state index in [9.17, 15) is 9.59 Å². The fourth-order valence-electron chi connectivity index (χ4n) is 4.35. The summed E-state index contributed by atoms with van der Waals surface area (Å²) in [5.74, 6) is 2.47. The van der Waals surface area contributed by atoms with Crippen molar-refractivity contribution < 1.29 is 9.59 Å². The zero-order valence-corrected chi connectivity index (χ0v) is 15.4. The third-order valence-corrected chi connectivity index (χ3v) is 6.08. The van der Waals surface area contributed by atoms with Crippen LogP contribution in [0, 0.1) is 23.7 Å². The summed E-state index contributed by atoms with van der Waals surface area (Å²) >= 11 is 0. The summed E-state index contributed by atoms with van der Waals surface area (Å²) in [5.41, 5.74) is 1.81. The Bertz CT molecular complexity index is 628. The molecule has 2 fully saturated rings. The van der Waals surface area contributed by atoms with E-state index in [-0.39, 0.29) is 17.7 Å². The predicted octanol–water partition coefficient (Wildman–Crippen LogP) is 4.11. The standard InChI is InChI=1S/C21H30N2O2/c1-3-14(2)21(25)23-19-6-4-5-16(11-19)13-22-20(24)12-18-10-15-7-8-17(18)9-15/h4-6,11,14-15,17-18H,3,7-10,12-13H2,1-2H3,(H,22,24)(H,23,25)/t14-,15-,17-,18+/m1/s1. The number of rotatable bonds is 7.